The average molecular weight is 266 g/mol. The van der Waals surface area contributed by atoms with Gasteiger partial charge in [0.2, 0.25) is 0 Å². The van der Waals surface area contributed by atoms with Crippen molar-refractivity contribution in [3.8, 4) is 0 Å². The van der Waals surface area contributed by atoms with Gasteiger partial charge in [-0.15, -0.1) is 0 Å². The first-order chi connectivity index (χ1) is 9.08. The number of hydrogen-bond acceptors (Lipinski definition) is 5. The smallest absolute Gasteiger partial charge is 0.360 e. The van der Waals surface area contributed by atoms with E-state index in [1.54, 1.807) is 0 Å². The number of ether oxygens (including phenoxy) is 1. The molecule has 1 aromatic heterocycles. The van der Waals surface area contributed by atoms with Crippen LogP contribution in [0, 0.1) is 0 Å². The van der Waals surface area contributed by atoms with Gasteiger partial charge in [0.1, 0.15) is 11.6 Å². The molecule has 1 fully saturated rings. The Morgan fingerprint density at radius 3 is 2.79 bits per heavy atom. The highest BCUT2D eigenvalue weighted by atomic mass is 16.5. The summed E-state index contributed by atoms with van der Waals surface area (Å²) in [5, 5.41) is 0. The van der Waals surface area contributed by atoms with E-state index < -0.39 is 5.97 Å². The molecule has 2 N–H and O–H groups in total. The summed E-state index contributed by atoms with van der Waals surface area (Å²) in [4.78, 5) is 18.2. The summed E-state index contributed by atoms with van der Waals surface area (Å²) in [7, 11) is 3.46. The first-order valence-corrected chi connectivity index (χ1v) is 6.71. The van der Waals surface area contributed by atoms with Gasteiger partial charge in [0.15, 0.2) is 5.69 Å². The minimum absolute atomic E-state index is 0.230. The highest BCUT2D eigenvalue weighted by Crippen LogP contribution is 2.25. The Labute approximate surface area is 113 Å². The predicted octanol–water partition coefficient (Wildman–Crippen LogP) is 0.909. The molecular formula is C13H22N4O2. The number of rotatable bonds is 6. The number of aryl methyl sites for hydroxylation is 1. The van der Waals surface area contributed by atoms with Crippen molar-refractivity contribution in [2.24, 2.45) is 0 Å². The Bertz CT molecular complexity index is 465. The number of methoxy groups -OCH3 is 1. The van der Waals surface area contributed by atoms with Crippen molar-refractivity contribution in [1.29, 1.82) is 0 Å². The maximum atomic E-state index is 11.6. The molecule has 0 spiro atoms. The molecule has 0 bridgehead atoms. The lowest BCUT2D eigenvalue weighted by molar-refractivity contribution is 0.0595. The van der Waals surface area contributed by atoms with Crippen molar-refractivity contribution < 1.29 is 9.53 Å². The highest BCUT2D eigenvalue weighted by Gasteiger charge is 2.26. The van der Waals surface area contributed by atoms with Crippen molar-refractivity contribution in [2.45, 2.75) is 38.8 Å². The monoisotopic (exact) mass is 266 g/mol. The molecule has 1 heterocycles. The number of aromatic nitrogens is 2. The second-order valence-corrected chi connectivity index (χ2v) is 4.97. The summed E-state index contributed by atoms with van der Waals surface area (Å²) in [5.41, 5.74) is 6.25. The number of carbonyl (C=O) groups excluding carboxylic acids is 1. The molecular weight excluding hydrogens is 244 g/mol. The molecule has 0 saturated heterocycles. The summed E-state index contributed by atoms with van der Waals surface area (Å²) in [6.45, 7) is 3.68. The van der Waals surface area contributed by atoms with Crippen molar-refractivity contribution in [1.82, 2.24) is 14.5 Å². The number of imidazole rings is 1. The van der Waals surface area contributed by atoms with Crippen LogP contribution < -0.4 is 5.73 Å². The molecule has 0 aliphatic heterocycles. The van der Waals surface area contributed by atoms with Gasteiger partial charge < -0.3 is 19.9 Å². The molecule has 1 aliphatic rings. The minimum atomic E-state index is -0.471. The minimum Gasteiger partial charge on any atom is -0.464 e. The predicted molar refractivity (Wildman–Crippen MR) is 73.0 cm³/mol. The summed E-state index contributed by atoms with van der Waals surface area (Å²) < 4.78 is 6.62. The SMILES string of the molecule is CCc1nc(C(=O)OC)c(N)n1CCN(C)C1CC1. The molecule has 19 heavy (non-hydrogen) atoms. The topological polar surface area (TPSA) is 73.4 Å². The van der Waals surface area contributed by atoms with E-state index in [1.807, 2.05) is 11.5 Å². The molecule has 0 unspecified atom stereocenters. The molecule has 106 valence electrons. The summed E-state index contributed by atoms with van der Waals surface area (Å²) in [6, 6.07) is 0.717. The number of nitrogen functional groups attached to an aromatic ring is 1. The fraction of sp³-hybridized carbons (Fsp3) is 0.692. The summed E-state index contributed by atoms with van der Waals surface area (Å²) >= 11 is 0. The second kappa shape index (κ2) is 5.61. The van der Waals surface area contributed by atoms with Gasteiger partial charge in [-0.1, -0.05) is 6.92 Å². The van der Waals surface area contributed by atoms with Crippen molar-refractivity contribution >= 4 is 11.8 Å². The number of esters is 1. The number of nitrogens with two attached hydrogens (primary N) is 1. The maximum absolute atomic E-state index is 11.6. The number of hydrogen-bond donors (Lipinski definition) is 1. The van der Waals surface area contributed by atoms with Crippen LogP contribution in [-0.4, -0.2) is 47.2 Å². The molecule has 1 saturated carbocycles. The molecule has 0 aromatic carbocycles. The molecule has 1 aliphatic carbocycles. The number of carbonyl (C=O) groups is 1. The van der Waals surface area contributed by atoms with E-state index in [1.165, 1.54) is 20.0 Å². The van der Waals surface area contributed by atoms with Gasteiger partial charge >= 0.3 is 5.97 Å². The lowest BCUT2D eigenvalue weighted by atomic mass is 10.4. The van der Waals surface area contributed by atoms with Gasteiger partial charge in [0, 0.05) is 25.6 Å². The van der Waals surface area contributed by atoms with Crippen molar-refractivity contribution in [3.05, 3.63) is 11.5 Å². The second-order valence-electron chi connectivity index (χ2n) is 4.97. The van der Waals surface area contributed by atoms with Crippen molar-refractivity contribution in [3.63, 3.8) is 0 Å². The third-order valence-electron chi connectivity index (χ3n) is 3.63. The largest absolute Gasteiger partial charge is 0.464 e. The zero-order chi connectivity index (χ0) is 14.0. The fourth-order valence-electron chi connectivity index (χ4n) is 2.24. The molecule has 2 rings (SSSR count). The third kappa shape index (κ3) is 2.89. The average Bonchev–Trinajstić information content (AvgIpc) is 3.21. The molecule has 6 nitrogen and oxygen atoms in total. The van der Waals surface area contributed by atoms with Crippen LogP contribution in [0.15, 0.2) is 0 Å². The molecule has 6 heteroatoms. The fourth-order valence-corrected chi connectivity index (χ4v) is 2.24. The maximum Gasteiger partial charge on any atom is 0.360 e. The third-order valence-corrected chi connectivity index (χ3v) is 3.63. The van der Waals surface area contributed by atoms with E-state index in [9.17, 15) is 4.79 Å². The van der Waals surface area contributed by atoms with Gasteiger partial charge in [-0.05, 0) is 19.9 Å². The van der Waals surface area contributed by atoms with Crippen LogP contribution in [0.2, 0.25) is 0 Å². The Morgan fingerprint density at radius 2 is 2.26 bits per heavy atom. The van der Waals surface area contributed by atoms with Crippen LogP contribution in [0.5, 0.6) is 0 Å². The van der Waals surface area contributed by atoms with Gasteiger partial charge in [-0.3, -0.25) is 0 Å². The van der Waals surface area contributed by atoms with Crippen LogP contribution in [-0.2, 0) is 17.7 Å². The lowest BCUT2D eigenvalue weighted by Crippen LogP contribution is -2.26. The Hall–Kier alpha value is -1.56. The number of likely N-dealkylation sites (N-methyl/N-ethyl adjacent to an activating group) is 1. The van der Waals surface area contributed by atoms with Crippen LogP contribution in [0.25, 0.3) is 0 Å². The summed E-state index contributed by atoms with van der Waals surface area (Å²) in [5.74, 6) is 0.775. The Morgan fingerprint density at radius 1 is 1.58 bits per heavy atom. The first kappa shape index (κ1) is 13.9. The van der Waals surface area contributed by atoms with Gasteiger partial charge in [0.25, 0.3) is 0 Å². The van der Waals surface area contributed by atoms with Crippen LogP contribution in [0.3, 0.4) is 0 Å². The van der Waals surface area contributed by atoms with E-state index in [2.05, 4.69) is 16.9 Å². The number of anilines is 1. The van der Waals surface area contributed by atoms with E-state index in [-0.39, 0.29) is 5.69 Å². The van der Waals surface area contributed by atoms with E-state index in [0.717, 1.165) is 31.4 Å². The van der Waals surface area contributed by atoms with Crippen LogP contribution in [0.4, 0.5) is 5.82 Å². The van der Waals surface area contributed by atoms with E-state index in [4.69, 9.17) is 10.5 Å². The van der Waals surface area contributed by atoms with Crippen molar-refractivity contribution in [2.75, 3.05) is 26.4 Å². The van der Waals surface area contributed by atoms with Crippen LogP contribution >= 0.6 is 0 Å². The Balaban J connectivity index is 2.13. The lowest BCUT2D eigenvalue weighted by Gasteiger charge is -2.17. The highest BCUT2D eigenvalue weighted by molar-refractivity contribution is 5.92. The van der Waals surface area contributed by atoms with Crippen LogP contribution in [0.1, 0.15) is 36.1 Å². The van der Waals surface area contributed by atoms with Gasteiger partial charge in [-0.2, -0.15) is 0 Å². The first-order valence-electron chi connectivity index (χ1n) is 6.71. The molecule has 0 atom stereocenters. The molecule has 0 radical (unpaired) electrons. The normalized spacial score (nSPS) is 14.9. The quantitative estimate of drug-likeness (QED) is 0.775. The standard InChI is InChI=1S/C13H22N4O2/c1-4-10-15-11(13(18)19-3)12(14)17(10)8-7-16(2)9-5-6-9/h9H,4-8,14H2,1-3H3. The zero-order valence-corrected chi connectivity index (χ0v) is 11.8. The molecule has 0 amide bonds. The molecule has 1 aromatic rings. The van der Waals surface area contributed by atoms with E-state index >= 15 is 0 Å². The van der Waals surface area contributed by atoms with Gasteiger partial charge in [0.05, 0.1) is 7.11 Å². The number of nitrogens with zero attached hydrogens (tertiary/aromatic N) is 3. The summed E-state index contributed by atoms with van der Waals surface area (Å²) in [6.07, 6.45) is 3.31. The zero-order valence-electron chi connectivity index (χ0n) is 11.8. The van der Waals surface area contributed by atoms with E-state index in [0.29, 0.717) is 5.82 Å². The van der Waals surface area contributed by atoms with Gasteiger partial charge in [-0.25, -0.2) is 9.78 Å². The Kier molecular flexibility index (Phi) is 4.09.